The lowest BCUT2D eigenvalue weighted by molar-refractivity contribution is -0.114. The van der Waals surface area contributed by atoms with Gasteiger partial charge in [-0.05, 0) is 122 Å². The third-order valence-corrected chi connectivity index (χ3v) is 9.72. The van der Waals surface area contributed by atoms with Gasteiger partial charge < -0.3 is 5.11 Å². The summed E-state index contributed by atoms with van der Waals surface area (Å²) in [4.78, 5) is 12.9. The maximum atomic E-state index is 14.5. The van der Waals surface area contributed by atoms with Gasteiger partial charge >= 0.3 is 0 Å². The molecule has 0 bridgehead atoms. The fourth-order valence-corrected chi connectivity index (χ4v) is 7.50. The maximum Gasteiger partial charge on any atom is 0.156 e. The van der Waals surface area contributed by atoms with Crippen LogP contribution in [-0.4, -0.2) is 17.0 Å². The molecule has 1 N–H and O–H groups in total. The summed E-state index contributed by atoms with van der Waals surface area (Å²) in [6.07, 6.45) is 12.2. The molecule has 0 radical (unpaired) electrons. The second-order valence-electron chi connectivity index (χ2n) is 11.5. The monoisotopic (exact) mass is 532 g/mol. The van der Waals surface area contributed by atoms with Crippen LogP contribution in [0, 0.1) is 48.2 Å². The van der Waals surface area contributed by atoms with E-state index in [2.05, 4.69) is 25.5 Å². The summed E-state index contributed by atoms with van der Waals surface area (Å²) in [6.45, 7) is 3.63. The molecule has 2 aromatic carbocycles. The van der Waals surface area contributed by atoms with Gasteiger partial charge in [0.25, 0.3) is 0 Å². The Morgan fingerprint density at radius 1 is 1.05 bits per heavy atom. The highest BCUT2D eigenvalue weighted by Gasteiger charge is 2.56. The summed E-state index contributed by atoms with van der Waals surface area (Å²) in [5.41, 5.74) is 5.08. The van der Waals surface area contributed by atoms with Crippen molar-refractivity contribution >= 4 is 18.4 Å². The van der Waals surface area contributed by atoms with Gasteiger partial charge in [0.15, 0.2) is 5.78 Å². The highest BCUT2D eigenvalue weighted by molar-refractivity contribution is 7.80. The molecule has 4 aliphatic carbocycles. The van der Waals surface area contributed by atoms with E-state index in [9.17, 15) is 18.7 Å². The Kier molecular flexibility index (Phi) is 7.42. The molecule has 5 atom stereocenters. The Morgan fingerprint density at radius 2 is 1.74 bits per heavy atom. The molecular weight excluding hydrogens is 498 g/mol. The summed E-state index contributed by atoms with van der Waals surface area (Å²) >= 11 is 4.10. The van der Waals surface area contributed by atoms with Crippen LogP contribution < -0.4 is 0 Å². The molecule has 2 nitrogen and oxygen atoms in total. The SMILES string of the molecule is C#Cc1ccc(S)cc1.Cc1c(F)cc(C2CC3(C)C(O)CCC3C3CCC4=CC(=O)CCC4=C23)cc1F. The molecule has 5 heteroatoms. The molecule has 2 fully saturated rings. The van der Waals surface area contributed by atoms with E-state index in [1.54, 1.807) is 6.08 Å². The Balaban J connectivity index is 0.000000278. The molecule has 198 valence electrons. The van der Waals surface area contributed by atoms with Gasteiger partial charge in [0.2, 0.25) is 0 Å². The van der Waals surface area contributed by atoms with Gasteiger partial charge in [-0.1, -0.05) is 18.4 Å². The number of allylic oxidation sites excluding steroid dienone is 4. The number of terminal acetylenes is 1. The number of thiol groups is 1. The summed E-state index contributed by atoms with van der Waals surface area (Å²) in [5, 5.41) is 10.8. The minimum atomic E-state index is -0.508. The molecule has 0 heterocycles. The van der Waals surface area contributed by atoms with E-state index in [4.69, 9.17) is 6.42 Å². The smallest absolute Gasteiger partial charge is 0.156 e. The van der Waals surface area contributed by atoms with Crippen LogP contribution in [0.4, 0.5) is 8.78 Å². The predicted molar refractivity (Wildman–Crippen MR) is 149 cm³/mol. The van der Waals surface area contributed by atoms with Crippen LogP contribution >= 0.6 is 12.6 Å². The number of fused-ring (bicyclic) bond motifs is 4. The van der Waals surface area contributed by atoms with Crippen molar-refractivity contribution in [3.63, 3.8) is 0 Å². The summed E-state index contributed by atoms with van der Waals surface area (Å²) in [6, 6.07) is 10.5. The topological polar surface area (TPSA) is 37.3 Å². The largest absolute Gasteiger partial charge is 0.393 e. The third kappa shape index (κ3) is 4.78. The van der Waals surface area contributed by atoms with Crippen molar-refractivity contribution in [3.8, 4) is 12.3 Å². The van der Waals surface area contributed by atoms with E-state index in [1.807, 2.05) is 24.3 Å². The zero-order valence-electron chi connectivity index (χ0n) is 21.9. The molecule has 2 saturated carbocycles. The van der Waals surface area contributed by atoms with Gasteiger partial charge in [-0.25, -0.2) is 8.78 Å². The number of ketones is 1. The first kappa shape index (κ1) is 26.9. The number of benzene rings is 2. The predicted octanol–water partition coefficient (Wildman–Crippen LogP) is 7.49. The van der Waals surface area contributed by atoms with E-state index in [-0.39, 0.29) is 28.8 Å². The van der Waals surface area contributed by atoms with Gasteiger partial charge in [0.05, 0.1) is 6.10 Å². The minimum absolute atomic E-state index is 0.0521. The lowest BCUT2D eigenvalue weighted by atomic mass is 9.53. The molecule has 0 spiro atoms. The van der Waals surface area contributed by atoms with Crippen molar-refractivity contribution in [1.29, 1.82) is 0 Å². The van der Waals surface area contributed by atoms with E-state index in [0.717, 1.165) is 48.1 Å². The number of halogens is 2. The second-order valence-corrected chi connectivity index (χ2v) is 12.0. The van der Waals surface area contributed by atoms with Crippen molar-refractivity contribution in [2.24, 2.45) is 17.3 Å². The average Bonchev–Trinajstić information content (AvgIpc) is 3.21. The van der Waals surface area contributed by atoms with E-state index in [1.165, 1.54) is 30.2 Å². The first-order valence-corrected chi connectivity index (χ1v) is 13.9. The maximum absolute atomic E-state index is 14.5. The number of aliphatic hydroxyl groups is 1. The van der Waals surface area contributed by atoms with E-state index in [0.29, 0.717) is 30.2 Å². The molecule has 0 aliphatic heterocycles. The Bertz CT molecular complexity index is 1340. The fraction of sp³-hybridized carbons (Fsp3) is 0.424. The van der Waals surface area contributed by atoms with E-state index < -0.39 is 11.6 Å². The summed E-state index contributed by atoms with van der Waals surface area (Å²) < 4.78 is 29.0. The van der Waals surface area contributed by atoms with Crippen molar-refractivity contribution in [1.82, 2.24) is 0 Å². The fourth-order valence-electron chi connectivity index (χ4n) is 7.36. The number of hydrogen-bond acceptors (Lipinski definition) is 3. The average molecular weight is 533 g/mol. The number of rotatable bonds is 1. The molecule has 0 amide bonds. The quantitative estimate of drug-likeness (QED) is 0.295. The van der Waals surface area contributed by atoms with Crippen LogP contribution in [0.1, 0.15) is 74.5 Å². The van der Waals surface area contributed by atoms with Gasteiger partial charge in [-0.15, -0.1) is 19.1 Å². The Morgan fingerprint density at radius 3 is 2.39 bits per heavy atom. The van der Waals surface area contributed by atoms with Crippen molar-refractivity contribution in [2.45, 2.75) is 75.7 Å². The number of carbonyl (C=O) groups is 1. The summed E-state index contributed by atoms with van der Waals surface area (Å²) in [7, 11) is 0. The lowest BCUT2D eigenvalue weighted by Gasteiger charge is -2.52. The molecule has 4 aliphatic rings. The van der Waals surface area contributed by atoms with Crippen LogP contribution in [0.2, 0.25) is 0 Å². The highest BCUT2D eigenvalue weighted by atomic mass is 32.1. The van der Waals surface area contributed by atoms with Crippen LogP contribution in [0.25, 0.3) is 0 Å². The molecule has 0 saturated heterocycles. The molecular formula is C33H34F2O2S. The standard InChI is InChI=1S/C25H28F2O2.C8H6S/c1-13-21(26)10-15(11-22(13)27)19-12-25(2)20(7-8-23(25)29)18-5-3-14-9-16(28)4-6-17(14)24(18)19;1-2-7-3-5-8(9)6-4-7/h9-11,18-20,23,29H,3-8,12H2,1-2H3;1,3-6,9H. The van der Waals surface area contributed by atoms with Gasteiger partial charge in [0.1, 0.15) is 11.6 Å². The molecule has 38 heavy (non-hydrogen) atoms. The van der Waals surface area contributed by atoms with Gasteiger partial charge in [-0.3, -0.25) is 4.79 Å². The van der Waals surface area contributed by atoms with Crippen molar-refractivity contribution < 1.29 is 18.7 Å². The second kappa shape index (κ2) is 10.5. The van der Waals surface area contributed by atoms with Crippen molar-refractivity contribution in [3.05, 3.63) is 87.5 Å². The normalized spacial score (nSPS) is 29.8. The first-order chi connectivity index (χ1) is 18.1. The molecule has 5 unspecified atom stereocenters. The zero-order chi connectivity index (χ0) is 27.2. The number of carbonyl (C=O) groups excluding carboxylic acids is 1. The van der Waals surface area contributed by atoms with Crippen LogP contribution in [0.5, 0.6) is 0 Å². The Hall–Kier alpha value is -2.68. The Labute approximate surface area is 229 Å². The molecule has 6 rings (SSSR count). The van der Waals surface area contributed by atoms with Gasteiger partial charge in [0, 0.05) is 28.4 Å². The minimum Gasteiger partial charge on any atom is -0.393 e. The number of aliphatic hydroxyl groups excluding tert-OH is 1. The van der Waals surface area contributed by atoms with Crippen LogP contribution in [-0.2, 0) is 4.79 Å². The lowest BCUT2D eigenvalue weighted by Crippen LogP contribution is -2.45. The van der Waals surface area contributed by atoms with Crippen LogP contribution in [0.15, 0.2) is 64.1 Å². The summed E-state index contributed by atoms with van der Waals surface area (Å²) in [5.74, 6) is 2.30. The van der Waals surface area contributed by atoms with E-state index >= 15 is 0 Å². The van der Waals surface area contributed by atoms with Gasteiger partial charge in [-0.2, -0.15) is 0 Å². The van der Waals surface area contributed by atoms with Crippen molar-refractivity contribution in [2.75, 3.05) is 0 Å². The molecule has 0 aromatic heterocycles. The van der Waals surface area contributed by atoms with Crippen LogP contribution in [0.3, 0.4) is 0 Å². The first-order valence-electron chi connectivity index (χ1n) is 13.5. The third-order valence-electron chi connectivity index (χ3n) is 9.42. The number of hydrogen-bond donors (Lipinski definition) is 2. The highest BCUT2D eigenvalue weighted by Crippen LogP contribution is 2.63. The molecule has 2 aromatic rings. The zero-order valence-corrected chi connectivity index (χ0v) is 22.8.